The molecule has 2 rings (SSSR count). The molecule has 1 saturated heterocycles. The van der Waals surface area contributed by atoms with Crippen molar-refractivity contribution in [1.82, 2.24) is 0 Å². The van der Waals surface area contributed by atoms with E-state index in [1.807, 2.05) is 0 Å². The van der Waals surface area contributed by atoms with Crippen LogP contribution in [0.25, 0.3) is 0 Å². The standard InChI is InChI=1S/C12H13O2.3C4H9.Sn/c1-2-5-10-6-3-4-7-11(10)12-13-8-9-14-12;3*1-3-4-2;/h1-4,6-7,12H,5,8-9H2;3*1,3-4H2,2H3;. The number of hydrogen-bond acceptors (Lipinski definition) is 2. The Balaban J connectivity index is 2.12. The fourth-order valence-corrected chi connectivity index (χ4v) is 18.5. The third kappa shape index (κ3) is 7.55. The van der Waals surface area contributed by atoms with Crippen LogP contribution in [0.4, 0.5) is 0 Å². The normalized spacial score (nSPS) is 15.8. The zero-order valence-corrected chi connectivity index (χ0v) is 20.7. The molecule has 1 aromatic carbocycles. The number of ether oxygens (including phenoxy) is 2. The predicted octanol–water partition coefficient (Wildman–Crippen LogP) is 7.22. The molecule has 0 bridgehead atoms. The number of allylic oxidation sites excluding steroid dienone is 1. The summed E-state index contributed by atoms with van der Waals surface area (Å²) in [5.74, 6) is 0. The summed E-state index contributed by atoms with van der Waals surface area (Å²) in [6.07, 6.45) is 11.7. The summed E-state index contributed by atoms with van der Waals surface area (Å²) in [5.41, 5.74) is 2.58. The molecule has 1 fully saturated rings. The van der Waals surface area contributed by atoms with Gasteiger partial charge in [0, 0.05) is 0 Å². The monoisotopic (exact) mass is 480 g/mol. The molecule has 0 saturated carbocycles. The molecule has 1 aromatic rings. The fourth-order valence-electron chi connectivity index (χ4n) is 4.14. The van der Waals surface area contributed by atoms with Crippen molar-refractivity contribution in [2.75, 3.05) is 13.2 Å². The van der Waals surface area contributed by atoms with Gasteiger partial charge >= 0.3 is 172 Å². The second-order valence-corrected chi connectivity index (χ2v) is 21.1. The van der Waals surface area contributed by atoms with Gasteiger partial charge in [-0.3, -0.25) is 0 Å². The van der Waals surface area contributed by atoms with Gasteiger partial charge in [-0.25, -0.2) is 0 Å². The Kier molecular flexibility index (Phi) is 11.1. The van der Waals surface area contributed by atoms with Crippen LogP contribution in [-0.4, -0.2) is 31.6 Å². The molecule has 1 aliphatic rings. The molecule has 1 heterocycles. The minimum atomic E-state index is -2.17. The molecule has 0 spiro atoms. The molecule has 152 valence electrons. The van der Waals surface area contributed by atoms with Crippen molar-refractivity contribution in [2.24, 2.45) is 0 Å². The van der Waals surface area contributed by atoms with E-state index in [2.05, 4.69) is 55.2 Å². The van der Waals surface area contributed by atoms with Gasteiger partial charge in [-0.15, -0.1) is 0 Å². The molecule has 3 heteroatoms. The molecule has 0 aliphatic carbocycles. The van der Waals surface area contributed by atoms with Crippen LogP contribution in [0.1, 0.15) is 76.7 Å². The SMILES string of the molecule is CCC[CH2][Sn](/[CH]=C/Cc1ccccc1C1OCCO1)([CH2]CCC)[CH2]CCC. The van der Waals surface area contributed by atoms with Crippen molar-refractivity contribution in [3.05, 3.63) is 45.6 Å². The van der Waals surface area contributed by atoms with E-state index in [9.17, 15) is 0 Å². The first-order valence-electron chi connectivity index (χ1n) is 11.2. The maximum absolute atomic E-state index is 5.75. The average Bonchev–Trinajstić information content (AvgIpc) is 3.24. The Hall–Kier alpha value is -0.321. The molecule has 0 radical (unpaired) electrons. The summed E-state index contributed by atoms with van der Waals surface area (Å²) in [6, 6.07) is 8.65. The average molecular weight is 479 g/mol. The Morgan fingerprint density at radius 1 is 0.889 bits per heavy atom. The first-order valence-corrected chi connectivity index (χ1v) is 18.9. The molecule has 27 heavy (non-hydrogen) atoms. The van der Waals surface area contributed by atoms with E-state index < -0.39 is 18.4 Å². The van der Waals surface area contributed by atoms with Gasteiger partial charge in [-0.1, -0.05) is 0 Å². The van der Waals surface area contributed by atoms with Gasteiger partial charge < -0.3 is 0 Å². The van der Waals surface area contributed by atoms with Gasteiger partial charge in [0.05, 0.1) is 0 Å². The van der Waals surface area contributed by atoms with Gasteiger partial charge in [0.25, 0.3) is 0 Å². The molecule has 0 unspecified atom stereocenters. The first-order chi connectivity index (χ1) is 13.2. The van der Waals surface area contributed by atoms with Crippen molar-refractivity contribution >= 4 is 18.4 Å². The summed E-state index contributed by atoms with van der Waals surface area (Å²) < 4.78 is 18.9. The second-order valence-electron chi connectivity index (χ2n) is 8.05. The molecule has 0 N–H and O–H groups in total. The number of unbranched alkanes of at least 4 members (excludes halogenated alkanes) is 3. The maximum atomic E-state index is 5.75. The Morgan fingerprint density at radius 3 is 2.00 bits per heavy atom. The van der Waals surface area contributed by atoms with Crippen LogP contribution < -0.4 is 0 Å². The van der Waals surface area contributed by atoms with E-state index in [-0.39, 0.29) is 6.29 Å². The topological polar surface area (TPSA) is 18.5 Å². The number of benzene rings is 1. The third-order valence-corrected chi connectivity index (χ3v) is 20.1. The van der Waals surface area contributed by atoms with Gasteiger partial charge in [-0.05, 0) is 0 Å². The van der Waals surface area contributed by atoms with Gasteiger partial charge in [0.2, 0.25) is 0 Å². The van der Waals surface area contributed by atoms with Crippen LogP contribution in [0, 0.1) is 0 Å². The number of rotatable bonds is 13. The first kappa shape index (κ1) is 23.0. The van der Waals surface area contributed by atoms with Gasteiger partial charge in [0.1, 0.15) is 0 Å². The molecular formula is C24H40O2Sn. The third-order valence-electron chi connectivity index (χ3n) is 5.82. The molecule has 1 aliphatic heterocycles. The predicted molar refractivity (Wildman–Crippen MR) is 119 cm³/mol. The van der Waals surface area contributed by atoms with E-state index >= 15 is 0 Å². The van der Waals surface area contributed by atoms with E-state index in [0.717, 1.165) is 6.42 Å². The molecular weight excluding hydrogens is 439 g/mol. The number of hydrogen-bond donors (Lipinski definition) is 0. The summed E-state index contributed by atoms with van der Waals surface area (Å²) in [7, 11) is 0. The van der Waals surface area contributed by atoms with Crippen molar-refractivity contribution in [2.45, 2.75) is 85.3 Å². The molecule has 0 atom stereocenters. The minimum absolute atomic E-state index is 0.164. The zero-order valence-electron chi connectivity index (χ0n) is 17.8. The fraction of sp³-hybridized carbons (Fsp3) is 0.667. The van der Waals surface area contributed by atoms with Gasteiger partial charge in [-0.2, -0.15) is 0 Å². The van der Waals surface area contributed by atoms with Gasteiger partial charge in [0.15, 0.2) is 0 Å². The Labute approximate surface area is 171 Å². The van der Waals surface area contributed by atoms with Crippen molar-refractivity contribution in [1.29, 1.82) is 0 Å². The molecule has 0 amide bonds. The molecule has 0 aromatic heterocycles. The van der Waals surface area contributed by atoms with Crippen LogP contribution >= 0.6 is 0 Å². The van der Waals surface area contributed by atoms with Crippen molar-refractivity contribution in [3.8, 4) is 0 Å². The van der Waals surface area contributed by atoms with E-state index in [0.29, 0.717) is 13.2 Å². The summed E-state index contributed by atoms with van der Waals surface area (Å²) >= 11 is -2.17. The van der Waals surface area contributed by atoms with Crippen LogP contribution in [0.2, 0.25) is 13.3 Å². The summed E-state index contributed by atoms with van der Waals surface area (Å²) in [6.45, 7) is 8.45. The quantitative estimate of drug-likeness (QED) is 0.278. The van der Waals surface area contributed by atoms with Crippen molar-refractivity contribution < 1.29 is 9.47 Å². The second kappa shape index (κ2) is 13.0. The van der Waals surface area contributed by atoms with E-state index in [4.69, 9.17) is 9.47 Å². The zero-order chi connectivity index (χ0) is 19.4. The van der Waals surface area contributed by atoms with Crippen LogP contribution in [-0.2, 0) is 15.9 Å². The van der Waals surface area contributed by atoms with Crippen LogP contribution in [0.5, 0.6) is 0 Å². The Bertz CT molecular complexity index is 527. The molecule has 2 nitrogen and oxygen atoms in total. The summed E-state index contributed by atoms with van der Waals surface area (Å²) in [5, 5.41) is 0. The van der Waals surface area contributed by atoms with E-state index in [1.54, 1.807) is 0 Å². The Morgan fingerprint density at radius 2 is 1.44 bits per heavy atom. The van der Waals surface area contributed by atoms with Crippen LogP contribution in [0.3, 0.4) is 0 Å². The van der Waals surface area contributed by atoms with Crippen molar-refractivity contribution in [3.63, 3.8) is 0 Å². The summed E-state index contributed by atoms with van der Waals surface area (Å²) in [4.78, 5) is 0. The van der Waals surface area contributed by atoms with Crippen LogP contribution in [0.15, 0.2) is 34.4 Å². The van der Waals surface area contributed by atoms with E-state index in [1.165, 1.54) is 63.0 Å².